The van der Waals surface area contributed by atoms with Crippen LogP contribution in [0.15, 0.2) is 65.6 Å². The molecule has 0 atom stereocenters. The molecule has 0 aromatic heterocycles. The number of hydrogen-bond donors (Lipinski definition) is 2. The van der Waals surface area contributed by atoms with Crippen LogP contribution in [0.3, 0.4) is 0 Å². The van der Waals surface area contributed by atoms with E-state index >= 15 is 0 Å². The number of aryl methyl sites for hydroxylation is 1. The number of amides is 2. The van der Waals surface area contributed by atoms with Crippen LogP contribution >= 0.6 is 0 Å². The quantitative estimate of drug-likeness (QED) is 0.548. The third kappa shape index (κ3) is 4.60. The first-order chi connectivity index (χ1) is 16.0. The number of nitrogens with zero attached hydrogens (tertiary/aromatic N) is 1. The zero-order valence-corrected chi connectivity index (χ0v) is 20.1. The maximum Gasteiger partial charge on any atom is 0.261 e. The average Bonchev–Trinajstić information content (AvgIpc) is 2.89. The van der Waals surface area contributed by atoms with Gasteiger partial charge in [-0.2, -0.15) is 0 Å². The van der Waals surface area contributed by atoms with Crippen LogP contribution in [0.2, 0.25) is 0 Å². The molecular formula is C25H25N3O5S. The maximum atomic E-state index is 13.1. The van der Waals surface area contributed by atoms with Crippen molar-refractivity contribution in [2.45, 2.75) is 25.7 Å². The molecule has 0 unspecified atom stereocenters. The van der Waals surface area contributed by atoms with Gasteiger partial charge in [0.25, 0.3) is 15.9 Å². The number of carbonyl (C=O) groups is 2. The molecule has 2 N–H and O–H groups in total. The van der Waals surface area contributed by atoms with Crippen molar-refractivity contribution in [1.29, 1.82) is 0 Å². The van der Waals surface area contributed by atoms with E-state index in [-0.39, 0.29) is 33.9 Å². The predicted molar refractivity (Wildman–Crippen MR) is 131 cm³/mol. The van der Waals surface area contributed by atoms with Crippen molar-refractivity contribution in [2.75, 3.05) is 22.0 Å². The molecule has 0 saturated heterocycles. The van der Waals surface area contributed by atoms with Crippen molar-refractivity contribution in [1.82, 2.24) is 0 Å². The first-order valence-electron chi connectivity index (χ1n) is 10.7. The third-order valence-corrected chi connectivity index (χ3v) is 6.82. The molecule has 0 aliphatic carbocycles. The zero-order chi connectivity index (χ0) is 24.6. The Morgan fingerprint density at radius 2 is 1.59 bits per heavy atom. The van der Waals surface area contributed by atoms with Crippen molar-refractivity contribution < 1.29 is 22.7 Å². The maximum absolute atomic E-state index is 13.1. The number of ether oxygens (including phenoxy) is 1. The Labute approximate surface area is 198 Å². The average molecular weight is 480 g/mol. The minimum Gasteiger partial charge on any atom is -0.454 e. The SMILES string of the molecule is Cc1ccc2c(c1)N(C)C(=O)c1cc(NS(=O)(=O)c3ccc(NC(=O)C(C)C)cc3)ccc1O2. The zero-order valence-electron chi connectivity index (χ0n) is 19.2. The van der Waals surface area contributed by atoms with Crippen LogP contribution < -0.4 is 19.7 Å². The molecule has 3 aromatic rings. The highest BCUT2D eigenvalue weighted by molar-refractivity contribution is 7.92. The van der Waals surface area contributed by atoms with Crippen molar-refractivity contribution in [3.63, 3.8) is 0 Å². The van der Waals surface area contributed by atoms with E-state index in [0.29, 0.717) is 22.9 Å². The predicted octanol–water partition coefficient (Wildman–Crippen LogP) is 4.77. The summed E-state index contributed by atoms with van der Waals surface area (Å²) in [7, 11) is -2.28. The van der Waals surface area contributed by atoms with E-state index < -0.39 is 10.0 Å². The molecule has 1 heterocycles. The Kier molecular flexibility index (Phi) is 6.05. The molecule has 0 radical (unpaired) electrons. The minimum atomic E-state index is -3.93. The summed E-state index contributed by atoms with van der Waals surface area (Å²) < 4.78 is 34.3. The normalized spacial score (nSPS) is 13.0. The second kappa shape index (κ2) is 8.83. The standard InChI is InChI=1S/C25H25N3O5S/c1-15(2)24(29)26-17-6-9-19(10-7-17)34(31,32)27-18-8-12-22-20(14-18)25(30)28(4)21-13-16(3)5-11-23(21)33-22/h5-15,27H,1-4H3,(H,26,29). The van der Waals surface area contributed by atoms with E-state index in [1.807, 2.05) is 19.1 Å². The smallest absolute Gasteiger partial charge is 0.261 e. The van der Waals surface area contributed by atoms with Crippen molar-refractivity contribution in [2.24, 2.45) is 5.92 Å². The molecule has 9 heteroatoms. The second-order valence-corrected chi connectivity index (χ2v) is 10.1. The highest BCUT2D eigenvalue weighted by atomic mass is 32.2. The number of nitrogens with one attached hydrogen (secondary N) is 2. The first kappa shape index (κ1) is 23.3. The molecule has 0 saturated carbocycles. The first-order valence-corrected chi connectivity index (χ1v) is 12.2. The summed E-state index contributed by atoms with van der Waals surface area (Å²) >= 11 is 0. The van der Waals surface area contributed by atoms with E-state index in [2.05, 4.69) is 10.0 Å². The molecule has 1 aliphatic heterocycles. The molecule has 3 aromatic carbocycles. The lowest BCUT2D eigenvalue weighted by atomic mass is 10.1. The molecule has 2 amide bonds. The number of fused-ring (bicyclic) bond motifs is 2. The summed E-state index contributed by atoms with van der Waals surface area (Å²) in [5, 5.41) is 2.72. The van der Waals surface area contributed by atoms with Gasteiger partial charge in [0.05, 0.1) is 16.1 Å². The van der Waals surface area contributed by atoms with Crippen molar-refractivity contribution in [3.05, 3.63) is 71.8 Å². The molecule has 0 spiro atoms. The highest BCUT2D eigenvalue weighted by Gasteiger charge is 2.27. The number of hydrogen-bond acceptors (Lipinski definition) is 5. The molecular weight excluding hydrogens is 454 g/mol. The number of carbonyl (C=O) groups excluding carboxylic acids is 2. The van der Waals surface area contributed by atoms with Gasteiger partial charge in [-0.3, -0.25) is 14.3 Å². The largest absolute Gasteiger partial charge is 0.454 e. The Morgan fingerprint density at radius 3 is 2.26 bits per heavy atom. The topological polar surface area (TPSA) is 105 Å². The van der Waals surface area contributed by atoms with Crippen molar-refractivity contribution in [3.8, 4) is 11.5 Å². The van der Waals surface area contributed by atoms with E-state index in [0.717, 1.165) is 5.56 Å². The van der Waals surface area contributed by atoms with Crippen LogP contribution in [0.5, 0.6) is 11.5 Å². The highest BCUT2D eigenvalue weighted by Crippen LogP contribution is 2.39. The fourth-order valence-corrected chi connectivity index (χ4v) is 4.50. The van der Waals surface area contributed by atoms with Gasteiger partial charge in [-0.15, -0.1) is 0 Å². The van der Waals surface area contributed by atoms with Crippen LogP contribution in [0, 0.1) is 12.8 Å². The van der Waals surface area contributed by atoms with Gasteiger partial charge >= 0.3 is 0 Å². The lowest BCUT2D eigenvalue weighted by molar-refractivity contribution is -0.118. The Morgan fingerprint density at radius 1 is 0.941 bits per heavy atom. The van der Waals surface area contributed by atoms with Crippen LogP contribution in [-0.4, -0.2) is 27.3 Å². The number of benzene rings is 3. The van der Waals surface area contributed by atoms with E-state index in [9.17, 15) is 18.0 Å². The van der Waals surface area contributed by atoms with Gasteiger partial charge in [-0.1, -0.05) is 19.9 Å². The molecule has 34 heavy (non-hydrogen) atoms. The summed E-state index contributed by atoms with van der Waals surface area (Å²) in [6.07, 6.45) is 0. The van der Waals surface area contributed by atoms with Gasteiger partial charge in [-0.05, 0) is 67.1 Å². The Bertz CT molecular complexity index is 1380. The summed E-state index contributed by atoms with van der Waals surface area (Å²) in [4.78, 5) is 26.4. The fraction of sp³-hybridized carbons (Fsp3) is 0.200. The summed E-state index contributed by atoms with van der Waals surface area (Å²) in [6.45, 7) is 5.46. The van der Waals surface area contributed by atoms with Crippen LogP contribution in [-0.2, 0) is 14.8 Å². The van der Waals surface area contributed by atoms with Gasteiger partial charge in [0.2, 0.25) is 5.91 Å². The summed E-state index contributed by atoms with van der Waals surface area (Å²) in [6, 6.07) is 16.0. The fourth-order valence-electron chi connectivity index (χ4n) is 3.45. The van der Waals surface area contributed by atoms with Crippen LogP contribution in [0.25, 0.3) is 0 Å². The van der Waals surface area contributed by atoms with Crippen LogP contribution in [0.1, 0.15) is 29.8 Å². The second-order valence-electron chi connectivity index (χ2n) is 8.42. The molecule has 0 bridgehead atoms. The van der Waals surface area contributed by atoms with Gasteiger partial charge in [0, 0.05) is 24.3 Å². The summed E-state index contributed by atoms with van der Waals surface area (Å²) in [5.74, 6) is 0.213. The lowest BCUT2D eigenvalue weighted by Crippen LogP contribution is -2.25. The Balaban J connectivity index is 1.58. The lowest BCUT2D eigenvalue weighted by Gasteiger charge is -2.17. The van der Waals surface area contributed by atoms with Crippen molar-refractivity contribution >= 4 is 38.9 Å². The van der Waals surface area contributed by atoms with E-state index in [1.165, 1.54) is 35.2 Å². The number of rotatable bonds is 5. The monoisotopic (exact) mass is 479 g/mol. The van der Waals surface area contributed by atoms with Gasteiger partial charge in [-0.25, -0.2) is 8.42 Å². The third-order valence-electron chi connectivity index (χ3n) is 5.42. The Hall–Kier alpha value is -3.85. The summed E-state index contributed by atoms with van der Waals surface area (Å²) in [5.41, 5.74) is 2.58. The molecule has 1 aliphatic rings. The molecule has 8 nitrogen and oxygen atoms in total. The molecule has 4 rings (SSSR count). The van der Waals surface area contributed by atoms with Gasteiger partial charge in [0.1, 0.15) is 5.75 Å². The number of sulfonamides is 1. The van der Waals surface area contributed by atoms with Gasteiger partial charge in [0.15, 0.2) is 5.75 Å². The number of anilines is 3. The van der Waals surface area contributed by atoms with Crippen LogP contribution in [0.4, 0.5) is 17.1 Å². The van der Waals surface area contributed by atoms with E-state index in [4.69, 9.17) is 4.74 Å². The molecule has 176 valence electrons. The minimum absolute atomic E-state index is 0.0209. The van der Waals surface area contributed by atoms with Gasteiger partial charge < -0.3 is 15.0 Å². The van der Waals surface area contributed by atoms with E-state index in [1.54, 1.807) is 39.1 Å². The molecule has 0 fully saturated rings.